The van der Waals surface area contributed by atoms with Crippen molar-refractivity contribution >= 4 is 11.6 Å². The molecule has 96 valence electrons. The third-order valence-electron chi connectivity index (χ3n) is 2.63. The van der Waals surface area contributed by atoms with Crippen molar-refractivity contribution in [1.29, 1.82) is 0 Å². The molecule has 0 bridgehead atoms. The van der Waals surface area contributed by atoms with E-state index >= 15 is 0 Å². The van der Waals surface area contributed by atoms with Crippen LogP contribution < -0.4 is 10.5 Å². The summed E-state index contributed by atoms with van der Waals surface area (Å²) < 4.78 is 7.61. The molecule has 4 nitrogen and oxygen atoms in total. The molecule has 2 N–H and O–H groups in total. The molecule has 0 aliphatic carbocycles. The van der Waals surface area contributed by atoms with Gasteiger partial charge >= 0.3 is 0 Å². The summed E-state index contributed by atoms with van der Waals surface area (Å²) >= 11 is 6.15. The summed E-state index contributed by atoms with van der Waals surface area (Å²) in [6.45, 7) is 3.37. The van der Waals surface area contributed by atoms with Gasteiger partial charge in [-0.05, 0) is 32.0 Å². The van der Waals surface area contributed by atoms with Crippen LogP contribution in [0.1, 0.15) is 12.5 Å². The number of halogens is 1. The Morgan fingerprint density at radius 2 is 2.28 bits per heavy atom. The minimum atomic E-state index is 0.536. The Labute approximate surface area is 111 Å². The number of hydrogen-bond acceptors (Lipinski definition) is 3. The van der Waals surface area contributed by atoms with E-state index in [0.717, 1.165) is 17.9 Å². The largest absolute Gasteiger partial charge is 0.454 e. The number of nitrogens with two attached hydrogens (primary N) is 1. The maximum absolute atomic E-state index is 6.15. The zero-order chi connectivity index (χ0) is 13.0. The Bertz CT molecular complexity index is 525. The molecular weight excluding hydrogens is 250 g/mol. The molecule has 1 heterocycles. The van der Waals surface area contributed by atoms with Crippen molar-refractivity contribution in [3.8, 4) is 11.5 Å². The zero-order valence-corrected chi connectivity index (χ0v) is 11.0. The van der Waals surface area contributed by atoms with Crippen LogP contribution in [0.15, 0.2) is 30.6 Å². The van der Waals surface area contributed by atoms with Crippen molar-refractivity contribution < 1.29 is 4.74 Å². The number of benzene rings is 1. The summed E-state index contributed by atoms with van der Waals surface area (Å²) in [5.41, 5.74) is 6.52. The van der Waals surface area contributed by atoms with Crippen molar-refractivity contribution in [1.82, 2.24) is 9.78 Å². The second kappa shape index (κ2) is 5.89. The molecule has 0 spiro atoms. The molecule has 5 heteroatoms. The molecule has 0 saturated carbocycles. The van der Waals surface area contributed by atoms with Crippen LogP contribution in [0.5, 0.6) is 11.5 Å². The average Bonchev–Trinajstić information content (AvgIpc) is 2.81. The lowest BCUT2D eigenvalue weighted by Gasteiger charge is -2.10. The van der Waals surface area contributed by atoms with E-state index in [1.165, 1.54) is 0 Å². The number of hydrogen-bond donors (Lipinski definition) is 1. The third kappa shape index (κ3) is 2.83. The maximum Gasteiger partial charge on any atom is 0.165 e. The predicted octanol–water partition coefficient (Wildman–Crippen LogP) is 2.85. The number of aromatic nitrogens is 2. The molecule has 0 radical (unpaired) electrons. The first-order valence-corrected chi connectivity index (χ1v) is 6.30. The van der Waals surface area contributed by atoms with Crippen LogP contribution in [0.2, 0.25) is 5.02 Å². The van der Waals surface area contributed by atoms with Crippen LogP contribution in [0.3, 0.4) is 0 Å². The second-order valence-corrected chi connectivity index (χ2v) is 4.30. The maximum atomic E-state index is 6.15. The van der Waals surface area contributed by atoms with E-state index in [1.807, 2.05) is 36.0 Å². The minimum absolute atomic E-state index is 0.536. The van der Waals surface area contributed by atoms with Crippen LogP contribution in [0.25, 0.3) is 0 Å². The van der Waals surface area contributed by atoms with Crippen LogP contribution in [0.4, 0.5) is 0 Å². The Morgan fingerprint density at radius 3 is 2.94 bits per heavy atom. The van der Waals surface area contributed by atoms with Crippen LogP contribution >= 0.6 is 11.6 Å². The van der Waals surface area contributed by atoms with Gasteiger partial charge in [0.15, 0.2) is 5.75 Å². The standard InChI is InChI=1S/C13H16ClN3O/c1-2-17-9-10(8-16-17)18-13-5-3-4-12(14)11(13)6-7-15/h3-5,8-9H,2,6-7,15H2,1H3. The molecule has 0 saturated heterocycles. The van der Waals surface area contributed by atoms with E-state index in [9.17, 15) is 0 Å². The van der Waals surface area contributed by atoms with Crippen LogP contribution in [0, 0.1) is 0 Å². The van der Waals surface area contributed by atoms with Crippen molar-refractivity contribution in [3.05, 3.63) is 41.2 Å². The van der Waals surface area contributed by atoms with Crippen molar-refractivity contribution in [2.75, 3.05) is 6.54 Å². The zero-order valence-electron chi connectivity index (χ0n) is 10.3. The quantitative estimate of drug-likeness (QED) is 0.904. The fourth-order valence-electron chi connectivity index (χ4n) is 1.72. The molecule has 0 aliphatic rings. The number of nitrogens with zero attached hydrogens (tertiary/aromatic N) is 2. The normalized spacial score (nSPS) is 10.6. The van der Waals surface area contributed by atoms with Gasteiger partial charge in [-0.3, -0.25) is 4.68 Å². The van der Waals surface area contributed by atoms with E-state index in [-0.39, 0.29) is 0 Å². The average molecular weight is 266 g/mol. The highest BCUT2D eigenvalue weighted by molar-refractivity contribution is 6.31. The van der Waals surface area contributed by atoms with Gasteiger partial charge in [0.25, 0.3) is 0 Å². The molecule has 18 heavy (non-hydrogen) atoms. The highest BCUT2D eigenvalue weighted by atomic mass is 35.5. The molecule has 0 aliphatic heterocycles. The van der Waals surface area contributed by atoms with E-state index in [0.29, 0.717) is 23.7 Å². The lowest BCUT2D eigenvalue weighted by molar-refractivity contribution is 0.475. The topological polar surface area (TPSA) is 53.1 Å². The molecule has 0 atom stereocenters. The summed E-state index contributed by atoms with van der Waals surface area (Å²) in [5, 5.41) is 4.84. The van der Waals surface area contributed by atoms with Gasteiger partial charge in [0.1, 0.15) is 5.75 Å². The van der Waals surface area contributed by atoms with Crippen molar-refractivity contribution in [2.45, 2.75) is 19.9 Å². The van der Waals surface area contributed by atoms with Gasteiger partial charge in [-0.2, -0.15) is 5.10 Å². The van der Waals surface area contributed by atoms with Gasteiger partial charge in [-0.25, -0.2) is 0 Å². The smallest absolute Gasteiger partial charge is 0.165 e. The van der Waals surface area contributed by atoms with Crippen LogP contribution in [-0.4, -0.2) is 16.3 Å². The highest BCUT2D eigenvalue weighted by Gasteiger charge is 2.09. The van der Waals surface area contributed by atoms with Gasteiger partial charge in [0.05, 0.1) is 12.4 Å². The van der Waals surface area contributed by atoms with Crippen molar-refractivity contribution in [2.24, 2.45) is 5.73 Å². The SMILES string of the molecule is CCn1cc(Oc2cccc(Cl)c2CCN)cn1. The summed E-state index contributed by atoms with van der Waals surface area (Å²) in [7, 11) is 0. The highest BCUT2D eigenvalue weighted by Crippen LogP contribution is 2.30. The van der Waals surface area contributed by atoms with Gasteiger partial charge < -0.3 is 10.5 Å². The summed E-state index contributed by atoms with van der Waals surface area (Å²) in [4.78, 5) is 0. The van der Waals surface area contributed by atoms with E-state index < -0.39 is 0 Å². The van der Waals surface area contributed by atoms with Gasteiger partial charge in [-0.1, -0.05) is 17.7 Å². The Balaban J connectivity index is 2.25. The van der Waals surface area contributed by atoms with Gasteiger partial charge in [0, 0.05) is 17.1 Å². The Kier molecular flexibility index (Phi) is 4.23. The summed E-state index contributed by atoms with van der Waals surface area (Å²) in [6.07, 6.45) is 4.24. The molecular formula is C13H16ClN3O. The Morgan fingerprint density at radius 1 is 1.44 bits per heavy atom. The van der Waals surface area contributed by atoms with E-state index in [1.54, 1.807) is 6.20 Å². The Hall–Kier alpha value is -1.52. The van der Waals surface area contributed by atoms with Gasteiger partial charge in [0.2, 0.25) is 0 Å². The fourth-order valence-corrected chi connectivity index (χ4v) is 1.98. The first-order chi connectivity index (χ1) is 8.74. The predicted molar refractivity (Wildman–Crippen MR) is 72.2 cm³/mol. The molecule has 2 rings (SSSR count). The molecule has 2 aromatic rings. The second-order valence-electron chi connectivity index (χ2n) is 3.89. The van der Waals surface area contributed by atoms with E-state index in [4.69, 9.17) is 22.1 Å². The van der Waals surface area contributed by atoms with Gasteiger partial charge in [-0.15, -0.1) is 0 Å². The molecule has 0 fully saturated rings. The first-order valence-electron chi connectivity index (χ1n) is 5.92. The lowest BCUT2D eigenvalue weighted by atomic mass is 10.1. The monoisotopic (exact) mass is 265 g/mol. The third-order valence-corrected chi connectivity index (χ3v) is 2.99. The minimum Gasteiger partial charge on any atom is -0.454 e. The molecule has 0 amide bonds. The fraction of sp³-hybridized carbons (Fsp3) is 0.308. The van der Waals surface area contributed by atoms with E-state index in [2.05, 4.69) is 5.10 Å². The summed E-state index contributed by atoms with van der Waals surface area (Å²) in [6, 6.07) is 5.59. The number of rotatable bonds is 5. The molecule has 0 unspecified atom stereocenters. The van der Waals surface area contributed by atoms with Crippen LogP contribution in [-0.2, 0) is 13.0 Å². The molecule has 1 aromatic carbocycles. The molecule has 1 aromatic heterocycles. The summed E-state index contributed by atoms with van der Waals surface area (Å²) in [5.74, 6) is 1.45. The lowest BCUT2D eigenvalue weighted by Crippen LogP contribution is -2.04. The number of aryl methyl sites for hydroxylation is 1. The van der Waals surface area contributed by atoms with Crippen molar-refractivity contribution in [3.63, 3.8) is 0 Å². The first kappa shape index (κ1) is 12.9. The number of ether oxygens (including phenoxy) is 1.